The van der Waals surface area contributed by atoms with Crippen LogP contribution in [0.25, 0.3) is 17.5 Å². The van der Waals surface area contributed by atoms with Crippen molar-refractivity contribution in [3.8, 4) is 11.5 Å². The average Bonchev–Trinajstić information content (AvgIpc) is 2.72. The zero-order valence-corrected chi connectivity index (χ0v) is 7.97. The summed E-state index contributed by atoms with van der Waals surface area (Å²) in [6.45, 7) is 2.00. The van der Waals surface area contributed by atoms with Crippen LogP contribution >= 0.6 is 0 Å². The molecule has 0 amide bonds. The molecule has 0 atom stereocenters. The number of nitrogens with zero attached hydrogens (tertiary/aromatic N) is 1. The van der Waals surface area contributed by atoms with Crippen LogP contribution in [0.15, 0.2) is 47.2 Å². The first-order valence-corrected chi connectivity index (χ1v) is 4.53. The van der Waals surface area contributed by atoms with Crippen molar-refractivity contribution in [1.29, 1.82) is 0 Å². The first kappa shape index (κ1) is 8.75. The van der Waals surface area contributed by atoms with Gasteiger partial charge < -0.3 is 4.42 Å². The lowest BCUT2D eigenvalue weighted by atomic mass is 10.1. The maximum absolute atomic E-state index is 5.19. The van der Waals surface area contributed by atoms with E-state index in [2.05, 4.69) is 11.1 Å². The number of aromatic nitrogens is 1. The average molecular weight is 185 g/mol. The molecule has 2 aromatic rings. The molecule has 2 rings (SSSR count). The van der Waals surface area contributed by atoms with Gasteiger partial charge in [0.25, 0.3) is 0 Å². The fourth-order valence-electron chi connectivity index (χ4n) is 1.30. The summed E-state index contributed by atoms with van der Waals surface area (Å²) < 4.78 is 5.19. The first-order chi connectivity index (χ1) is 6.90. The Kier molecular flexibility index (Phi) is 2.45. The predicted molar refractivity (Wildman–Crippen MR) is 56.6 cm³/mol. The lowest BCUT2D eigenvalue weighted by Crippen LogP contribution is -1.77. The summed E-state index contributed by atoms with van der Waals surface area (Å²) in [5.74, 6) is 0.664. The molecule has 1 aromatic heterocycles. The fourth-order valence-corrected chi connectivity index (χ4v) is 1.30. The van der Waals surface area contributed by atoms with Crippen LogP contribution in [0.1, 0.15) is 12.5 Å². The number of benzene rings is 1. The zero-order valence-electron chi connectivity index (χ0n) is 7.97. The summed E-state index contributed by atoms with van der Waals surface area (Å²) in [6.07, 6.45) is 7.30. The molecular weight excluding hydrogens is 174 g/mol. The van der Waals surface area contributed by atoms with Crippen molar-refractivity contribution in [1.82, 2.24) is 4.98 Å². The molecule has 0 aliphatic heterocycles. The number of oxazole rings is 1. The topological polar surface area (TPSA) is 26.0 Å². The Morgan fingerprint density at radius 3 is 2.57 bits per heavy atom. The molecule has 0 saturated carbocycles. The normalized spacial score (nSPS) is 10.9. The Hall–Kier alpha value is -1.83. The molecule has 0 bridgehead atoms. The van der Waals surface area contributed by atoms with Gasteiger partial charge in [-0.2, -0.15) is 0 Å². The maximum Gasteiger partial charge on any atom is 0.225 e. The quantitative estimate of drug-likeness (QED) is 0.716. The van der Waals surface area contributed by atoms with E-state index in [1.165, 1.54) is 5.56 Å². The van der Waals surface area contributed by atoms with Gasteiger partial charge in [-0.1, -0.05) is 24.3 Å². The van der Waals surface area contributed by atoms with E-state index in [1.54, 1.807) is 12.5 Å². The van der Waals surface area contributed by atoms with Gasteiger partial charge in [-0.15, -0.1) is 0 Å². The van der Waals surface area contributed by atoms with E-state index >= 15 is 0 Å². The summed E-state index contributed by atoms with van der Waals surface area (Å²) in [5.41, 5.74) is 2.19. The molecule has 14 heavy (non-hydrogen) atoms. The number of allylic oxidation sites excluding steroid dienone is 1. The largest absolute Gasteiger partial charge is 0.445 e. The van der Waals surface area contributed by atoms with Crippen LogP contribution in [0.4, 0.5) is 0 Å². The molecule has 0 saturated heterocycles. The summed E-state index contributed by atoms with van der Waals surface area (Å²) in [6, 6.07) is 8.08. The van der Waals surface area contributed by atoms with Crippen molar-refractivity contribution in [2.45, 2.75) is 6.92 Å². The Balaban J connectivity index is 2.31. The second-order valence-electron chi connectivity index (χ2n) is 2.96. The summed E-state index contributed by atoms with van der Waals surface area (Å²) in [5, 5.41) is 0. The maximum atomic E-state index is 5.19. The van der Waals surface area contributed by atoms with E-state index in [0.717, 1.165) is 5.56 Å². The second-order valence-corrected chi connectivity index (χ2v) is 2.96. The van der Waals surface area contributed by atoms with Gasteiger partial charge in [0.1, 0.15) is 6.26 Å². The second kappa shape index (κ2) is 3.92. The van der Waals surface area contributed by atoms with E-state index in [1.807, 2.05) is 37.3 Å². The van der Waals surface area contributed by atoms with Crippen LogP contribution in [-0.4, -0.2) is 4.98 Å². The van der Waals surface area contributed by atoms with Crippen molar-refractivity contribution >= 4 is 6.08 Å². The van der Waals surface area contributed by atoms with E-state index in [-0.39, 0.29) is 0 Å². The molecule has 1 aromatic carbocycles. The third-order valence-corrected chi connectivity index (χ3v) is 1.95. The Morgan fingerprint density at radius 2 is 2.00 bits per heavy atom. The smallest absolute Gasteiger partial charge is 0.225 e. The minimum atomic E-state index is 0.664. The molecule has 0 unspecified atom stereocenters. The fraction of sp³-hybridized carbons (Fsp3) is 0.0833. The van der Waals surface area contributed by atoms with E-state index in [4.69, 9.17) is 4.42 Å². The van der Waals surface area contributed by atoms with Crippen LogP contribution in [0.2, 0.25) is 0 Å². The predicted octanol–water partition coefficient (Wildman–Crippen LogP) is 3.37. The highest BCUT2D eigenvalue weighted by Gasteiger charge is 2.00. The van der Waals surface area contributed by atoms with Gasteiger partial charge in [-0.05, 0) is 24.6 Å². The lowest BCUT2D eigenvalue weighted by Gasteiger charge is -1.96. The van der Waals surface area contributed by atoms with Gasteiger partial charge in [0.15, 0.2) is 0 Å². The van der Waals surface area contributed by atoms with Gasteiger partial charge in [-0.25, -0.2) is 4.98 Å². The Labute approximate surface area is 82.9 Å². The van der Waals surface area contributed by atoms with Gasteiger partial charge >= 0.3 is 0 Å². The molecule has 70 valence electrons. The first-order valence-electron chi connectivity index (χ1n) is 4.53. The summed E-state index contributed by atoms with van der Waals surface area (Å²) >= 11 is 0. The minimum Gasteiger partial charge on any atom is -0.445 e. The monoisotopic (exact) mass is 185 g/mol. The molecule has 0 N–H and O–H groups in total. The third kappa shape index (κ3) is 1.74. The molecule has 0 radical (unpaired) electrons. The van der Waals surface area contributed by atoms with Gasteiger partial charge in [0.2, 0.25) is 5.89 Å². The highest BCUT2D eigenvalue weighted by atomic mass is 16.3. The number of rotatable bonds is 2. The van der Waals surface area contributed by atoms with Gasteiger partial charge in [0, 0.05) is 5.56 Å². The van der Waals surface area contributed by atoms with Crippen LogP contribution in [0.5, 0.6) is 0 Å². The summed E-state index contributed by atoms with van der Waals surface area (Å²) in [7, 11) is 0. The zero-order chi connectivity index (χ0) is 9.80. The molecule has 0 aliphatic rings. The van der Waals surface area contributed by atoms with E-state index in [9.17, 15) is 0 Å². The molecule has 2 nitrogen and oxygen atoms in total. The Morgan fingerprint density at radius 1 is 1.21 bits per heavy atom. The Bertz CT molecular complexity index is 412. The van der Waals surface area contributed by atoms with Crippen molar-refractivity contribution in [2.75, 3.05) is 0 Å². The van der Waals surface area contributed by atoms with Crippen molar-refractivity contribution in [3.63, 3.8) is 0 Å². The van der Waals surface area contributed by atoms with Crippen LogP contribution in [0.3, 0.4) is 0 Å². The van der Waals surface area contributed by atoms with Crippen molar-refractivity contribution in [3.05, 3.63) is 48.4 Å². The van der Waals surface area contributed by atoms with E-state index in [0.29, 0.717) is 5.89 Å². The van der Waals surface area contributed by atoms with E-state index < -0.39 is 0 Å². The highest BCUT2D eigenvalue weighted by molar-refractivity contribution is 5.58. The standard InChI is InChI=1S/C12H11NO/c1-2-3-10-4-6-11(7-5-10)12-13-8-9-14-12/h2-9H,1H3/b3-2+. The van der Waals surface area contributed by atoms with Crippen LogP contribution in [0, 0.1) is 0 Å². The van der Waals surface area contributed by atoms with Gasteiger partial charge in [-0.3, -0.25) is 0 Å². The molecule has 0 aliphatic carbocycles. The number of hydrogen-bond acceptors (Lipinski definition) is 2. The lowest BCUT2D eigenvalue weighted by molar-refractivity contribution is 0.574. The number of hydrogen-bond donors (Lipinski definition) is 0. The molecule has 0 spiro atoms. The molecule has 0 fully saturated rings. The van der Waals surface area contributed by atoms with Crippen molar-refractivity contribution in [2.24, 2.45) is 0 Å². The molecular formula is C12H11NO. The van der Waals surface area contributed by atoms with Crippen LogP contribution < -0.4 is 0 Å². The van der Waals surface area contributed by atoms with Crippen molar-refractivity contribution < 1.29 is 4.42 Å². The molecule has 1 heterocycles. The summed E-state index contributed by atoms with van der Waals surface area (Å²) in [4.78, 5) is 4.08. The van der Waals surface area contributed by atoms with Gasteiger partial charge in [0.05, 0.1) is 6.20 Å². The highest BCUT2D eigenvalue weighted by Crippen LogP contribution is 2.17. The minimum absolute atomic E-state index is 0.664. The SMILES string of the molecule is C/C=C/c1ccc(-c2ncco2)cc1. The molecule has 2 heteroatoms. The third-order valence-electron chi connectivity index (χ3n) is 1.95. The van der Waals surface area contributed by atoms with Crippen LogP contribution in [-0.2, 0) is 0 Å².